The Balaban J connectivity index is 2.55. The van der Waals surface area contributed by atoms with Crippen LogP contribution in [0.25, 0.3) is 0 Å². The Morgan fingerprint density at radius 1 is 1.33 bits per heavy atom. The molecular formula is C9H7F4NO. The highest BCUT2D eigenvalue weighted by Gasteiger charge is 2.26. The standard InChI is InChI=1S/C9H7F4NO/c10-5-1-6(11)8(13)9(7(5)12)15-4-2-14-3-4/h1,4,14H,2-3H2/i1D,2D2,3D2,4D. The summed E-state index contributed by atoms with van der Waals surface area (Å²) in [7, 11) is 0. The maximum absolute atomic E-state index is 13.5. The lowest BCUT2D eigenvalue weighted by atomic mass is 10.2. The van der Waals surface area contributed by atoms with Crippen LogP contribution in [0.5, 0.6) is 5.75 Å². The number of ether oxygens (including phenoxy) is 1. The minimum atomic E-state index is -3.19. The fourth-order valence-electron chi connectivity index (χ4n) is 0.858. The lowest BCUT2D eigenvalue weighted by Gasteiger charge is -2.28. The molecule has 0 radical (unpaired) electrons. The van der Waals surface area contributed by atoms with E-state index >= 15 is 0 Å². The number of benzene rings is 1. The van der Waals surface area contributed by atoms with Gasteiger partial charge in [0.2, 0.25) is 11.6 Å². The van der Waals surface area contributed by atoms with Gasteiger partial charge in [0.15, 0.2) is 17.4 Å². The average Bonchev–Trinajstić information content (AvgIpc) is 2.37. The molecule has 1 aromatic rings. The summed E-state index contributed by atoms with van der Waals surface area (Å²) in [6, 6.07) is -1.70. The van der Waals surface area contributed by atoms with E-state index in [0.29, 0.717) is 0 Å². The predicted molar refractivity (Wildman–Crippen MR) is 43.6 cm³/mol. The molecule has 1 aliphatic heterocycles. The van der Waals surface area contributed by atoms with Crippen LogP contribution in [0.3, 0.4) is 0 Å². The second-order valence-electron chi connectivity index (χ2n) is 2.52. The molecule has 15 heavy (non-hydrogen) atoms. The molecular weight excluding hydrogens is 214 g/mol. The van der Waals surface area contributed by atoms with Gasteiger partial charge in [0.1, 0.15) is 6.08 Å². The van der Waals surface area contributed by atoms with E-state index in [9.17, 15) is 17.6 Å². The molecule has 1 fully saturated rings. The van der Waals surface area contributed by atoms with Crippen molar-refractivity contribution in [1.29, 1.82) is 0 Å². The first-order valence-corrected chi connectivity index (χ1v) is 3.66. The zero-order valence-corrected chi connectivity index (χ0v) is 6.92. The van der Waals surface area contributed by atoms with Crippen molar-refractivity contribution in [3.63, 3.8) is 0 Å². The SMILES string of the molecule is [2H]c1c(F)c(F)c(OC2([2H])C([2H])([2H])NC2([2H])[2H])c(F)c1F. The zero-order chi connectivity index (χ0) is 16.4. The lowest BCUT2D eigenvalue weighted by Crippen LogP contribution is -2.50. The summed E-state index contributed by atoms with van der Waals surface area (Å²) in [6.45, 7) is -5.75. The summed E-state index contributed by atoms with van der Waals surface area (Å²) >= 11 is 0. The quantitative estimate of drug-likeness (QED) is 0.612. The van der Waals surface area contributed by atoms with Gasteiger partial charge in [-0.2, -0.15) is 8.78 Å². The minimum absolute atomic E-state index is 1.63. The molecule has 2 rings (SSSR count). The van der Waals surface area contributed by atoms with Crippen molar-refractivity contribution in [2.75, 3.05) is 13.0 Å². The highest BCUT2D eigenvalue weighted by molar-refractivity contribution is 5.29. The number of hydrogen-bond acceptors (Lipinski definition) is 2. The van der Waals surface area contributed by atoms with Crippen molar-refractivity contribution in [3.05, 3.63) is 29.3 Å². The van der Waals surface area contributed by atoms with Gasteiger partial charge in [-0.25, -0.2) is 8.78 Å². The van der Waals surface area contributed by atoms with Crippen molar-refractivity contribution >= 4 is 0 Å². The molecule has 1 N–H and O–H groups in total. The molecule has 0 bridgehead atoms. The van der Waals surface area contributed by atoms with Crippen LogP contribution in [-0.4, -0.2) is 19.1 Å². The summed E-state index contributed by atoms with van der Waals surface area (Å²) in [5.74, 6) is -10.3. The molecule has 82 valence electrons. The first kappa shape index (κ1) is 5.16. The van der Waals surface area contributed by atoms with E-state index in [1.54, 1.807) is 5.32 Å². The van der Waals surface area contributed by atoms with Gasteiger partial charge in [0, 0.05) is 24.5 Å². The Morgan fingerprint density at radius 3 is 2.33 bits per heavy atom. The lowest BCUT2D eigenvalue weighted by molar-refractivity contribution is 0.127. The normalized spacial score (nSPS) is 30.9. The molecule has 0 unspecified atom stereocenters. The Kier molecular flexibility index (Phi) is 1.27. The summed E-state index contributed by atoms with van der Waals surface area (Å²) < 4.78 is 101. The van der Waals surface area contributed by atoms with Gasteiger partial charge >= 0.3 is 0 Å². The maximum atomic E-state index is 13.5. The van der Waals surface area contributed by atoms with E-state index in [1.165, 1.54) is 0 Å². The summed E-state index contributed by atoms with van der Waals surface area (Å²) in [4.78, 5) is 0. The van der Waals surface area contributed by atoms with Gasteiger partial charge in [-0.3, -0.25) is 0 Å². The molecule has 6 heteroatoms. The third kappa shape index (κ3) is 1.77. The van der Waals surface area contributed by atoms with Crippen molar-refractivity contribution < 1.29 is 30.5 Å². The zero-order valence-electron chi connectivity index (χ0n) is 12.9. The summed E-state index contributed by atoms with van der Waals surface area (Å²) in [5, 5.41) is 1.63. The van der Waals surface area contributed by atoms with Gasteiger partial charge in [-0.05, 0) is 0 Å². The Morgan fingerprint density at radius 2 is 1.87 bits per heavy atom. The monoisotopic (exact) mass is 227 g/mol. The summed E-state index contributed by atoms with van der Waals surface area (Å²) in [6.07, 6.45) is -3.19. The fraction of sp³-hybridized carbons (Fsp3) is 0.333. The van der Waals surface area contributed by atoms with Crippen LogP contribution in [0.1, 0.15) is 8.22 Å². The topological polar surface area (TPSA) is 21.3 Å². The Labute approximate surface area is 91.3 Å². The van der Waals surface area contributed by atoms with Crippen LogP contribution in [0.2, 0.25) is 0 Å². The molecule has 0 spiro atoms. The van der Waals surface area contributed by atoms with E-state index in [2.05, 4.69) is 4.74 Å². The van der Waals surface area contributed by atoms with Crippen molar-refractivity contribution in [1.82, 2.24) is 5.32 Å². The van der Waals surface area contributed by atoms with Crippen LogP contribution in [-0.2, 0) is 0 Å². The van der Waals surface area contributed by atoms with Gasteiger partial charge < -0.3 is 10.1 Å². The van der Waals surface area contributed by atoms with E-state index in [4.69, 9.17) is 8.22 Å². The molecule has 0 amide bonds. The molecule has 1 saturated heterocycles. The van der Waals surface area contributed by atoms with Crippen molar-refractivity contribution in [2.24, 2.45) is 0 Å². The molecule has 0 aromatic heterocycles. The third-order valence-corrected chi connectivity index (χ3v) is 1.56. The van der Waals surface area contributed by atoms with Crippen LogP contribution in [0.15, 0.2) is 6.04 Å². The number of nitrogens with one attached hydrogen (secondary N) is 1. The first-order valence-electron chi connectivity index (χ1n) is 6.66. The highest BCUT2D eigenvalue weighted by Crippen LogP contribution is 2.27. The molecule has 0 aliphatic carbocycles. The predicted octanol–water partition coefficient (Wildman–Crippen LogP) is 1.59. The van der Waals surface area contributed by atoms with Gasteiger partial charge in [-0.15, -0.1) is 0 Å². The fourth-order valence-corrected chi connectivity index (χ4v) is 0.858. The van der Waals surface area contributed by atoms with E-state index < -0.39 is 54.1 Å². The van der Waals surface area contributed by atoms with Crippen LogP contribution in [0, 0.1) is 23.3 Å². The first-order chi connectivity index (χ1) is 9.36. The van der Waals surface area contributed by atoms with E-state index in [-0.39, 0.29) is 0 Å². The number of rotatable bonds is 2. The second kappa shape index (κ2) is 3.69. The Hall–Kier alpha value is -1.30. The van der Waals surface area contributed by atoms with Crippen LogP contribution < -0.4 is 10.1 Å². The molecule has 2 nitrogen and oxygen atoms in total. The van der Waals surface area contributed by atoms with Crippen molar-refractivity contribution in [3.8, 4) is 5.75 Å². The average molecular weight is 227 g/mol. The largest absolute Gasteiger partial charge is 0.482 e. The van der Waals surface area contributed by atoms with Crippen LogP contribution in [0.4, 0.5) is 17.6 Å². The number of hydrogen-bond donors (Lipinski definition) is 1. The third-order valence-electron chi connectivity index (χ3n) is 1.56. The molecule has 1 heterocycles. The van der Waals surface area contributed by atoms with Gasteiger partial charge in [0.05, 0.1) is 2.74 Å². The van der Waals surface area contributed by atoms with Crippen LogP contribution >= 0.6 is 0 Å². The molecule has 1 aromatic carbocycles. The van der Waals surface area contributed by atoms with E-state index in [1.807, 2.05) is 0 Å². The molecule has 0 atom stereocenters. The van der Waals surface area contributed by atoms with E-state index in [0.717, 1.165) is 0 Å². The summed E-state index contributed by atoms with van der Waals surface area (Å²) in [5.41, 5.74) is 0. The maximum Gasteiger partial charge on any atom is 0.203 e. The minimum Gasteiger partial charge on any atom is -0.482 e. The van der Waals surface area contributed by atoms with Gasteiger partial charge in [-0.1, -0.05) is 0 Å². The molecule has 1 aliphatic rings. The molecule has 0 saturated carbocycles. The second-order valence-corrected chi connectivity index (χ2v) is 2.52. The smallest absolute Gasteiger partial charge is 0.203 e. The van der Waals surface area contributed by atoms with Gasteiger partial charge in [0.25, 0.3) is 0 Å². The Bertz CT molecular complexity index is 582. The number of halogens is 4. The van der Waals surface area contributed by atoms with Crippen molar-refractivity contribution in [2.45, 2.75) is 6.08 Å². The highest BCUT2D eigenvalue weighted by atomic mass is 19.2.